The highest BCUT2D eigenvalue weighted by molar-refractivity contribution is 5.81. The number of aromatic nitrogens is 28. The molecule has 4 aliphatic carbocycles. The van der Waals surface area contributed by atoms with E-state index in [0.717, 1.165) is 260 Å². The molecule has 0 saturated heterocycles. The van der Waals surface area contributed by atoms with Gasteiger partial charge in [-0.1, -0.05) is 55.4 Å². The summed E-state index contributed by atoms with van der Waals surface area (Å²) in [5.74, 6) is 0.501. The first-order chi connectivity index (χ1) is 60.1. The fourth-order valence-corrected chi connectivity index (χ4v) is 18.1. The minimum absolute atomic E-state index is 0.141. The fraction of sp³-hybridized carbons (Fsp3) is 0.473. The third kappa shape index (κ3) is 18.1. The zero-order chi connectivity index (χ0) is 84.8. The lowest BCUT2D eigenvalue weighted by Gasteiger charge is -2.31. The molecule has 4 fully saturated rings. The second-order valence-electron chi connectivity index (χ2n) is 33.7. The zero-order valence-corrected chi connectivity index (χ0v) is 71.7. The molecule has 0 amide bonds. The van der Waals surface area contributed by atoms with Crippen LogP contribution in [0.15, 0.2) is 173 Å². The number of nitrogens with zero attached hydrogens (tertiary/aromatic N) is 28. The Kier molecular flexibility index (Phi) is 25.3. The van der Waals surface area contributed by atoms with Crippen LogP contribution in [-0.2, 0) is 6.54 Å². The third-order valence-electron chi connectivity index (χ3n) is 25.7. The Bertz CT molecular complexity index is 5670. The van der Waals surface area contributed by atoms with Crippen LogP contribution in [-0.4, -0.2) is 181 Å². The Morgan fingerprint density at radius 2 is 0.528 bits per heavy atom. The molecule has 0 spiro atoms. The molecule has 0 radical (unpaired) electrons. The first-order valence-corrected chi connectivity index (χ1v) is 44.6. The maximum absolute atomic E-state index is 9.79. The predicted molar refractivity (Wildman–Crippen MR) is 469 cm³/mol. The molecule has 32 nitrogen and oxygen atoms in total. The SMILES string of the molecule is CCC(CC)n1cc(-c2nc(-c3cnn(C4CCC(O)CC4)c3)cn3nccc23)cn1.CCC(CC)n1cc(-c2nc(-c3cnn(C4CCC(O)CC4)c3)cn3nccc23)cn1.CCC(CC)n1cc(-c2nc(-c3cnn(C4CCC(O)CC4)c3)cn3nccc23)cn1.CCC(CC)n1cc(-c2nc(-c3cnn(CC4CC(O)C4)c3)cn3nccc23)cn1. The van der Waals surface area contributed by atoms with Crippen molar-refractivity contribution in [2.24, 2.45) is 5.92 Å². The van der Waals surface area contributed by atoms with Crippen molar-refractivity contribution >= 4 is 22.1 Å². The lowest BCUT2D eigenvalue weighted by Crippen LogP contribution is -2.31. The van der Waals surface area contributed by atoms with Gasteiger partial charge in [0.2, 0.25) is 0 Å². The van der Waals surface area contributed by atoms with Crippen molar-refractivity contribution in [3.63, 3.8) is 0 Å². The van der Waals surface area contributed by atoms with Crippen LogP contribution in [0.1, 0.15) is 239 Å². The summed E-state index contributed by atoms with van der Waals surface area (Å²) in [5.41, 5.74) is 18.5. The van der Waals surface area contributed by atoms with Crippen LogP contribution in [0.3, 0.4) is 0 Å². The summed E-state index contributed by atoms with van der Waals surface area (Å²) in [6.45, 7) is 18.3. The van der Waals surface area contributed by atoms with E-state index in [1.807, 2.05) is 160 Å². The van der Waals surface area contributed by atoms with Gasteiger partial charge in [0.1, 0.15) is 0 Å². The van der Waals surface area contributed by atoms with Crippen molar-refractivity contribution < 1.29 is 20.4 Å². The molecule has 0 atom stereocenters. The summed E-state index contributed by atoms with van der Waals surface area (Å²) in [5, 5.41) is 93.5. The van der Waals surface area contributed by atoms with E-state index in [1.54, 1.807) is 24.8 Å². The Balaban J connectivity index is 0.000000116. The van der Waals surface area contributed by atoms with E-state index in [2.05, 4.69) is 160 Å². The smallest absolute Gasteiger partial charge is 0.0999 e. The van der Waals surface area contributed by atoms with Crippen LogP contribution < -0.4 is 0 Å². The summed E-state index contributed by atoms with van der Waals surface area (Å²) in [6, 6.07) is 10.5. The molecule has 642 valence electrons. The van der Waals surface area contributed by atoms with Crippen LogP contribution in [0.25, 0.3) is 112 Å². The molecular weight excluding hydrogens is 1550 g/mol. The van der Waals surface area contributed by atoms with Crippen molar-refractivity contribution in [2.45, 2.75) is 270 Å². The average Bonchev–Trinajstić information content (AvgIpc) is 1.66. The number of fused-ring (bicyclic) bond motifs is 4. The Morgan fingerprint density at radius 3 is 0.789 bits per heavy atom. The number of aliphatic hydroxyl groups excluding tert-OH is 4. The summed E-state index contributed by atoms with van der Waals surface area (Å²) >= 11 is 0. The fourth-order valence-electron chi connectivity index (χ4n) is 18.1. The van der Waals surface area contributed by atoms with Crippen molar-refractivity contribution in [1.82, 2.24) is 137 Å². The molecule has 16 heterocycles. The highest BCUT2D eigenvalue weighted by atomic mass is 16.3. The molecule has 0 aromatic carbocycles. The van der Waals surface area contributed by atoms with E-state index < -0.39 is 0 Å². The van der Waals surface area contributed by atoms with Gasteiger partial charge in [0.25, 0.3) is 0 Å². The van der Waals surface area contributed by atoms with Gasteiger partial charge in [-0.25, -0.2) is 38.0 Å². The second kappa shape index (κ2) is 37.4. The van der Waals surface area contributed by atoms with Gasteiger partial charge >= 0.3 is 0 Å². The predicted octanol–water partition coefficient (Wildman–Crippen LogP) is 16.5. The Morgan fingerprint density at radius 1 is 0.276 bits per heavy atom. The molecule has 20 rings (SSSR count). The van der Waals surface area contributed by atoms with Crippen molar-refractivity contribution in [3.05, 3.63) is 173 Å². The normalized spacial score (nSPS) is 19.3. The topological polar surface area (TPSA) is 344 Å². The third-order valence-corrected chi connectivity index (χ3v) is 25.7. The molecule has 16 aromatic rings. The lowest BCUT2D eigenvalue weighted by atomic mass is 9.82. The van der Waals surface area contributed by atoms with Crippen molar-refractivity contribution in [2.75, 3.05) is 0 Å². The van der Waals surface area contributed by atoms with Gasteiger partial charge in [-0.3, -0.25) is 37.5 Å². The number of hydrogen-bond acceptors (Lipinski definition) is 20. The number of rotatable bonds is 25. The zero-order valence-electron chi connectivity index (χ0n) is 71.7. The highest BCUT2D eigenvalue weighted by Gasteiger charge is 2.30. The van der Waals surface area contributed by atoms with Gasteiger partial charge in [-0.2, -0.15) is 61.2 Å². The van der Waals surface area contributed by atoms with Gasteiger partial charge in [0.05, 0.1) is 233 Å². The maximum atomic E-state index is 9.79. The molecule has 16 aromatic heterocycles. The van der Waals surface area contributed by atoms with Crippen LogP contribution in [0, 0.1) is 5.92 Å². The van der Waals surface area contributed by atoms with Crippen molar-refractivity contribution in [1.29, 1.82) is 0 Å². The monoisotopic (exact) mass is 1660 g/mol. The Hall–Kier alpha value is -12.0. The highest BCUT2D eigenvalue weighted by Crippen LogP contribution is 2.38. The lowest BCUT2D eigenvalue weighted by molar-refractivity contribution is 0.0336. The molecule has 32 heteroatoms. The molecule has 0 aliphatic heterocycles. The van der Waals surface area contributed by atoms with Crippen LogP contribution >= 0.6 is 0 Å². The minimum Gasteiger partial charge on any atom is -0.393 e. The number of hydrogen-bond donors (Lipinski definition) is 4. The molecular formula is C91H114N28O4. The van der Waals surface area contributed by atoms with Crippen LogP contribution in [0.4, 0.5) is 0 Å². The minimum atomic E-state index is -0.168. The van der Waals surface area contributed by atoms with Gasteiger partial charge < -0.3 is 20.4 Å². The summed E-state index contributed by atoms with van der Waals surface area (Å²) in [7, 11) is 0. The quantitative estimate of drug-likeness (QED) is 0.0413. The summed E-state index contributed by atoms with van der Waals surface area (Å²) < 4.78 is 23.7. The standard InChI is InChI=1S/3C23H29N7O.C22H27N7O/c3*1-3-18(4-2)28-14-17(12-26-28)23-22-9-10-24-30(22)15-21(27-23)16-11-25-29(13-16)19-5-7-20(31)8-6-19;1-3-18(4-2)28-13-17(10-25-28)22-21-5-6-23-29(21)14-20(26-22)16-9-24-27(12-16)11-15-7-19(30)8-15/h3*9-15,18-20,31H,3-8H2,1-2H3;5-6,9-10,12-15,18-19,30H,3-4,7-8,11H2,1-2H3. The van der Waals surface area contributed by atoms with E-state index in [1.165, 1.54) is 0 Å². The van der Waals surface area contributed by atoms with Gasteiger partial charge in [0, 0.05) is 101 Å². The van der Waals surface area contributed by atoms with Crippen LogP contribution in [0.5, 0.6) is 0 Å². The largest absolute Gasteiger partial charge is 0.393 e. The number of aliphatic hydroxyl groups is 4. The van der Waals surface area contributed by atoms with Gasteiger partial charge in [-0.05, 0) is 171 Å². The molecule has 123 heavy (non-hydrogen) atoms. The summed E-state index contributed by atoms with van der Waals surface area (Å²) in [4.78, 5) is 20.0. The maximum Gasteiger partial charge on any atom is 0.0999 e. The van der Waals surface area contributed by atoms with E-state index in [-0.39, 0.29) is 24.4 Å². The molecule has 4 N–H and O–H groups in total. The first-order valence-electron chi connectivity index (χ1n) is 44.6. The first kappa shape index (κ1) is 83.3. The van der Waals surface area contributed by atoms with E-state index >= 15 is 0 Å². The average molecular weight is 1660 g/mol. The van der Waals surface area contributed by atoms with E-state index in [0.29, 0.717) is 48.2 Å². The van der Waals surface area contributed by atoms with Gasteiger partial charge in [-0.15, -0.1) is 0 Å². The van der Waals surface area contributed by atoms with E-state index in [4.69, 9.17) is 19.9 Å². The molecule has 0 bridgehead atoms. The Labute approximate surface area is 714 Å². The second-order valence-corrected chi connectivity index (χ2v) is 33.7. The van der Waals surface area contributed by atoms with E-state index in [9.17, 15) is 20.4 Å². The molecule has 4 saturated carbocycles. The van der Waals surface area contributed by atoms with Gasteiger partial charge in [0.15, 0.2) is 0 Å². The molecule has 0 unspecified atom stereocenters. The van der Waals surface area contributed by atoms with Crippen LogP contribution in [0.2, 0.25) is 0 Å². The molecule has 4 aliphatic rings. The summed E-state index contributed by atoms with van der Waals surface area (Å²) in [6.07, 6.45) is 66.8. The van der Waals surface area contributed by atoms with Crippen molar-refractivity contribution in [3.8, 4) is 90.1 Å².